The number of aromatic hydroxyl groups is 1. The third kappa shape index (κ3) is 3.05. The van der Waals surface area contributed by atoms with Crippen molar-refractivity contribution in [3.05, 3.63) is 36.2 Å². The highest BCUT2D eigenvalue weighted by atomic mass is 16.3. The van der Waals surface area contributed by atoms with Gasteiger partial charge in [0.15, 0.2) is 5.82 Å². The Morgan fingerprint density at radius 1 is 1.30 bits per heavy atom. The number of anilines is 1. The van der Waals surface area contributed by atoms with Crippen molar-refractivity contribution in [2.75, 3.05) is 18.4 Å². The Hall–Kier alpha value is -2.14. The maximum atomic E-state index is 9.89. The lowest BCUT2D eigenvalue weighted by Crippen LogP contribution is -2.15. The number of phenolic OH excluding ortho intramolecular Hbond substituents is 1. The molecule has 5 nitrogen and oxygen atoms in total. The minimum absolute atomic E-state index is 0.185. The molecule has 0 radical (unpaired) electrons. The van der Waals surface area contributed by atoms with Crippen LogP contribution in [0.25, 0.3) is 11.4 Å². The summed E-state index contributed by atoms with van der Waals surface area (Å²) in [6.07, 6.45) is 1.75. The Morgan fingerprint density at radius 2 is 2.05 bits per heavy atom. The first-order valence-corrected chi connectivity index (χ1v) is 6.72. The van der Waals surface area contributed by atoms with Crippen LogP contribution < -0.4 is 11.1 Å². The molecule has 0 spiro atoms. The fraction of sp³-hybridized carbons (Fsp3) is 0.333. The van der Waals surface area contributed by atoms with Crippen LogP contribution in [0.2, 0.25) is 0 Å². The lowest BCUT2D eigenvalue weighted by atomic mass is 10.1. The maximum Gasteiger partial charge on any atom is 0.163 e. The van der Waals surface area contributed by atoms with E-state index in [0.29, 0.717) is 24.5 Å². The van der Waals surface area contributed by atoms with Gasteiger partial charge in [0.2, 0.25) is 0 Å². The lowest BCUT2D eigenvalue weighted by molar-refractivity contribution is 0.477. The second-order valence-corrected chi connectivity index (χ2v) is 4.88. The second kappa shape index (κ2) is 6.34. The summed E-state index contributed by atoms with van der Waals surface area (Å²) in [4.78, 5) is 8.91. The van der Waals surface area contributed by atoms with Crippen molar-refractivity contribution in [2.24, 2.45) is 5.73 Å². The number of hydrogen-bond acceptors (Lipinski definition) is 5. The van der Waals surface area contributed by atoms with Crippen molar-refractivity contribution in [1.82, 2.24) is 9.97 Å². The number of nitrogens with one attached hydrogen (secondary N) is 1. The van der Waals surface area contributed by atoms with Gasteiger partial charge in [-0.3, -0.25) is 0 Å². The van der Waals surface area contributed by atoms with Crippen LogP contribution in [0.5, 0.6) is 5.75 Å². The second-order valence-electron chi connectivity index (χ2n) is 4.88. The van der Waals surface area contributed by atoms with Gasteiger partial charge in [0.05, 0.1) is 23.1 Å². The zero-order chi connectivity index (χ0) is 14.5. The highest BCUT2D eigenvalue weighted by Gasteiger charge is 2.13. The average Bonchev–Trinajstić information content (AvgIpc) is 2.45. The van der Waals surface area contributed by atoms with Gasteiger partial charge in [-0.15, -0.1) is 0 Å². The Kier molecular flexibility index (Phi) is 4.53. The van der Waals surface area contributed by atoms with Crippen LogP contribution >= 0.6 is 0 Å². The molecule has 20 heavy (non-hydrogen) atoms. The summed E-state index contributed by atoms with van der Waals surface area (Å²) in [7, 11) is 0. The van der Waals surface area contributed by atoms with E-state index in [1.807, 2.05) is 12.1 Å². The molecule has 2 rings (SSSR count). The van der Waals surface area contributed by atoms with Gasteiger partial charge in [0.1, 0.15) is 5.75 Å². The van der Waals surface area contributed by atoms with E-state index in [0.717, 1.165) is 11.4 Å². The summed E-state index contributed by atoms with van der Waals surface area (Å²) in [5.41, 5.74) is 7.96. The molecule has 1 heterocycles. The molecular formula is C15H20N4O. The first-order valence-electron chi connectivity index (χ1n) is 6.72. The van der Waals surface area contributed by atoms with Crippen LogP contribution in [-0.4, -0.2) is 28.2 Å². The molecule has 4 N–H and O–H groups in total. The lowest BCUT2D eigenvalue weighted by Gasteiger charge is -2.14. The summed E-state index contributed by atoms with van der Waals surface area (Å²) in [6.45, 7) is 5.38. The van der Waals surface area contributed by atoms with Crippen LogP contribution in [0, 0.1) is 0 Å². The number of phenols is 1. The van der Waals surface area contributed by atoms with Crippen LogP contribution in [0.3, 0.4) is 0 Å². The largest absolute Gasteiger partial charge is 0.507 e. The van der Waals surface area contributed by atoms with Gasteiger partial charge in [-0.1, -0.05) is 26.0 Å². The molecule has 0 saturated carbocycles. The SMILES string of the molecule is CC(C)c1nc(-c2ccccc2O)ncc1NCCN. The Balaban J connectivity index is 2.42. The first-order chi connectivity index (χ1) is 9.63. The summed E-state index contributed by atoms with van der Waals surface area (Å²) in [5.74, 6) is 0.970. The minimum Gasteiger partial charge on any atom is -0.507 e. The zero-order valence-corrected chi connectivity index (χ0v) is 11.8. The molecule has 1 aromatic carbocycles. The molecule has 1 aromatic heterocycles. The van der Waals surface area contributed by atoms with E-state index in [4.69, 9.17) is 5.73 Å². The monoisotopic (exact) mass is 272 g/mol. The molecule has 0 unspecified atom stereocenters. The van der Waals surface area contributed by atoms with Crippen molar-refractivity contribution < 1.29 is 5.11 Å². The molecule has 0 bridgehead atoms. The Bertz CT molecular complexity index is 584. The van der Waals surface area contributed by atoms with Crippen LogP contribution in [0.1, 0.15) is 25.5 Å². The van der Waals surface area contributed by atoms with Crippen LogP contribution in [0.4, 0.5) is 5.69 Å². The quantitative estimate of drug-likeness (QED) is 0.778. The third-order valence-corrected chi connectivity index (χ3v) is 2.97. The first kappa shape index (κ1) is 14.3. The third-order valence-electron chi connectivity index (χ3n) is 2.97. The van der Waals surface area contributed by atoms with E-state index in [2.05, 4.69) is 29.1 Å². The molecule has 0 saturated heterocycles. The van der Waals surface area contributed by atoms with E-state index >= 15 is 0 Å². The van der Waals surface area contributed by atoms with E-state index in [1.54, 1.807) is 18.3 Å². The molecule has 0 fully saturated rings. The predicted molar refractivity (Wildman–Crippen MR) is 80.8 cm³/mol. The van der Waals surface area contributed by atoms with E-state index in [1.165, 1.54) is 0 Å². The number of nitrogens with two attached hydrogens (primary N) is 1. The molecule has 0 atom stereocenters. The smallest absolute Gasteiger partial charge is 0.163 e. The van der Waals surface area contributed by atoms with E-state index in [9.17, 15) is 5.11 Å². The van der Waals surface area contributed by atoms with Crippen molar-refractivity contribution in [3.8, 4) is 17.1 Å². The Morgan fingerprint density at radius 3 is 2.70 bits per heavy atom. The zero-order valence-electron chi connectivity index (χ0n) is 11.8. The number of rotatable bonds is 5. The van der Waals surface area contributed by atoms with Gasteiger partial charge in [-0.25, -0.2) is 9.97 Å². The average molecular weight is 272 g/mol. The summed E-state index contributed by atoms with van der Waals surface area (Å²) >= 11 is 0. The summed E-state index contributed by atoms with van der Waals surface area (Å²) in [6, 6.07) is 7.07. The van der Waals surface area contributed by atoms with Gasteiger partial charge >= 0.3 is 0 Å². The van der Waals surface area contributed by atoms with Crippen LogP contribution in [-0.2, 0) is 0 Å². The van der Waals surface area contributed by atoms with E-state index in [-0.39, 0.29) is 11.7 Å². The van der Waals surface area contributed by atoms with E-state index < -0.39 is 0 Å². The fourth-order valence-electron chi connectivity index (χ4n) is 1.97. The molecule has 5 heteroatoms. The maximum absolute atomic E-state index is 9.89. The molecule has 106 valence electrons. The molecule has 0 aliphatic heterocycles. The number of nitrogens with zero attached hydrogens (tertiary/aromatic N) is 2. The topological polar surface area (TPSA) is 84.1 Å². The standard InChI is InChI=1S/C15H20N4O/c1-10(2)14-12(17-8-7-16)9-18-15(19-14)11-5-3-4-6-13(11)20/h3-6,9-10,17,20H,7-8,16H2,1-2H3. The highest BCUT2D eigenvalue weighted by molar-refractivity contribution is 5.65. The molecule has 0 amide bonds. The Labute approximate surface area is 118 Å². The van der Waals surface area contributed by atoms with Gasteiger partial charge in [-0.05, 0) is 18.1 Å². The predicted octanol–water partition coefficient (Wildman–Crippen LogP) is 2.34. The highest BCUT2D eigenvalue weighted by Crippen LogP contribution is 2.29. The summed E-state index contributed by atoms with van der Waals surface area (Å²) in [5, 5.41) is 13.1. The molecule has 0 aliphatic carbocycles. The van der Waals surface area contributed by atoms with Crippen molar-refractivity contribution in [1.29, 1.82) is 0 Å². The number of para-hydroxylation sites is 1. The summed E-state index contributed by atoms with van der Waals surface area (Å²) < 4.78 is 0. The van der Waals surface area contributed by atoms with Crippen LogP contribution in [0.15, 0.2) is 30.5 Å². The molecular weight excluding hydrogens is 252 g/mol. The minimum atomic E-state index is 0.185. The van der Waals surface area contributed by atoms with Gasteiger partial charge in [0.25, 0.3) is 0 Å². The van der Waals surface area contributed by atoms with Crippen molar-refractivity contribution in [3.63, 3.8) is 0 Å². The molecule has 2 aromatic rings. The van der Waals surface area contributed by atoms with Crippen molar-refractivity contribution >= 4 is 5.69 Å². The number of aromatic nitrogens is 2. The van der Waals surface area contributed by atoms with Crippen molar-refractivity contribution in [2.45, 2.75) is 19.8 Å². The molecule has 0 aliphatic rings. The normalized spacial score (nSPS) is 10.8. The fourth-order valence-corrected chi connectivity index (χ4v) is 1.97. The number of benzene rings is 1. The van der Waals surface area contributed by atoms with Gasteiger partial charge in [-0.2, -0.15) is 0 Å². The number of hydrogen-bond donors (Lipinski definition) is 3. The van der Waals surface area contributed by atoms with Gasteiger partial charge < -0.3 is 16.2 Å². The van der Waals surface area contributed by atoms with Gasteiger partial charge in [0, 0.05) is 13.1 Å².